The summed E-state index contributed by atoms with van der Waals surface area (Å²) in [7, 11) is 0. The van der Waals surface area contributed by atoms with Gasteiger partial charge in [-0.15, -0.1) is 24.0 Å². The number of hydrogen-bond acceptors (Lipinski definition) is 2. The van der Waals surface area contributed by atoms with Crippen LogP contribution < -0.4 is 0 Å². The first-order valence-corrected chi connectivity index (χ1v) is 5.05. The Hall–Kier alpha value is -0.680. The summed E-state index contributed by atoms with van der Waals surface area (Å²) in [5.41, 5.74) is 0. The van der Waals surface area contributed by atoms with E-state index < -0.39 is 12.2 Å². The zero-order chi connectivity index (χ0) is 10.3. The first kappa shape index (κ1) is 9.86. The van der Waals surface area contributed by atoms with Gasteiger partial charge in [0.05, 0.1) is 4.88 Å². The van der Waals surface area contributed by atoms with E-state index in [-0.39, 0.29) is 9.77 Å². The Bertz CT molecular complexity index is 476. The molecule has 0 unspecified atom stereocenters. The molecule has 0 N–H and O–H groups in total. The van der Waals surface area contributed by atoms with Gasteiger partial charge in [0.2, 0.25) is 0 Å². The van der Waals surface area contributed by atoms with Crippen molar-refractivity contribution in [2.24, 2.45) is 0 Å². The molecule has 0 aliphatic rings. The van der Waals surface area contributed by atoms with E-state index in [1.54, 1.807) is 0 Å². The van der Waals surface area contributed by atoms with E-state index in [1.807, 2.05) is 0 Å². The molecule has 1 aromatic heterocycles. The van der Waals surface area contributed by atoms with Crippen molar-refractivity contribution in [3.8, 4) is 0 Å². The maximum Gasteiger partial charge on any atom is 0.273 e. The van der Waals surface area contributed by atoms with Crippen LogP contribution in [-0.2, 0) is 0 Å². The average molecular weight is 234 g/mol. The molecule has 2 rings (SSSR count). The second kappa shape index (κ2) is 3.47. The second-order valence-corrected chi connectivity index (χ2v) is 4.29. The smallest absolute Gasteiger partial charge is 0.207 e. The lowest BCUT2D eigenvalue weighted by molar-refractivity contribution is 0.153. The zero-order valence-electron chi connectivity index (χ0n) is 6.80. The summed E-state index contributed by atoms with van der Waals surface area (Å²) in [5, 5.41) is 0.452. The Kier molecular flexibility index (Phi) is 2.45. The fourth-order valence-corrected chi connectivity index (χ4v) is 2.66. The van der Waals surface area contributed by atoms with Crippen LogP contribution in [0.5, 0.6) is 0 Å². The molecule has 0 nitrogen and oxygen atoms in total. The van der Waals surface area contributed by atoms with E-state index in [0.29, 0.717) is 10.1 Å². The fraction of sp³-hybridized carbons (Fsp3) is 0.111. The summed E-state index contributed by atoms with van der Waals surface area (Å²) in [6, 6.07) is 3.96. The lowest BCUT2D eigenvalue weighted by Gasteiger charge is -1.94. The number of rotatable bonds is 1. The first-order chi connectivity index (χ1) is 6.59. The number of halogens is 3. The molecule has 0 saturated carbocycles. The van der Waals surface area contributed by atoms with Gasteiger partial charge >= 0.3 is 0 Å². The minimum atomic E-state index is -2.55. The van der Waals surface area contributed by atoms with E-state index in [9.17, 15) is 13.2 Å². The molecule has 0 aliphatic carbocycles. The molecule has 0 fully saturated rings. The Labute approximate surface area is 87.8 Å². The number of fused-ring (bicyclic) bond motifs is 1. The maximum absolute atomic E-state index is 12.8. The molecule has 0 bridgehead atoms. The highest BCUT2D eigenvalue weighted by Gasteiger charge is 2.17. The van der Waals surface area contributed by atoms with Crippen molar-refractivity contribution in [2.75, 3.05) is 0 Å². The molecule has 1 aromatic carbocycles. The maximum atomic E-state index is 12.8. The van der Waals surface area contributed by atoms with E-state index in [4.69, 9.17) is 0 Å². The number of thiol groups is 1. The van der Waals surface area contributed by atoms with Gasteiger partial charge in [0, 0.05) is 15.0 Å². The predicted octanol–water partition coefficient (Wildman–Crippen LogP) is 4.27. The van der Waals surface area contributed by atoms with Gasteiger partial charge in [-0.05, 0) is 18.2 Å². The highest BCUT2D eigenvalue weighted by Crippen LogP contribution is 2.39. The molecular formula is C9H5F3S2. The van der Waals surface area contributed by atoms with Crippen molar-refractivity contribution < 1.29 is 13.2 Å². The monoisotopic (exact) mass is 234 g/mol. The van der Waals surface area contributed by atoms with Crippen LogP contribution in [0.3, 0.4) is 0 Å². The van der Waals surface area contributed by atoms with Gasteiger partial charge in [0.25, 0.3) is 6.43 Å². The molecule has 2 aromatic rings. The third kappa shape index (κ3) is 1.50. The average Bonchev–Trinajstić information content (AvgIpc) is 2.44. The van der Waals surface area contributed by atoms with Crippen LogP contribution in [0.4, 0.5) is 13.2 Å². The summed E-state index contributed by atoms with van der Waals surface area (Å²) in [5.74, 6) is -0.439. The molecule has 5 heteroatoms. The number of benzene rings is 1. The van der Waals surface area contributed by atoms with Gasteiger partial charge in [-0.1, -0.05) is 0 Å². The van der Waals surface area contributed by atoms with Crippen LogP contribution in [0.25, 0.3) is 10.1 Å². The first-order valence-electron chi connectivity index (χ1n) is 3.78. The van der Waals surface area contributed by atoms with Crippen molar-refractivity contribution in [1.29, 1.82) is 0 Å². The molecule has 0 radical (unpaired) electrons. The van der Waals surface area contributed by atoms with Crippen molar-refractivity contribution in [2.45, 2.75) is 11.3 Å². The van der Waals surface area contributed by atoms with E-state index >= 15 is 0 Å². The van der Waals surface area contributed by atoms with Crippen LogP contribution in [-0.4, -0.2) is 0 Å². The lowest BCUT2D eigenvalue weighted by Crippen LogP contribution is -1.77. The molecule has 0 amide bonds. The Balaban J connectivity index is 2.74. The molecular weight excluding hydrogens is 229 g/mol. The lowest BCUT2D eigenvalue weighted by atomic mass is 10.2. The third-order valence-corrected chi connectivity index (χ3v) is 3.66. The van der Waals surface area contributed by atoms with Crippen LogP contribution >= 0.6 is 24.0 Å². The third-order valence-electron chi connectivity index (χ3n) is 1.85. The van der Waals surface area contributed by atoms with Crippen molar-refractivity contribution in [3.05, 3.63) is 28.9 Å². The van der Waals surface area contributed by atoms with Crippen LogP contribution in [0.1, 0.15) is 11.3 Å². The topological polar surface area (TPSA) is 0 Å². The predicted molar refractivity (Wildman–Crippen MR) is 54.0 cm³/mol. The van der Waals surface area contributed by atoms with E-state index in [0.717, 1.165) is 11.3 Å². The van der Waals surface area contributed by atoms with Crippen molar-refractivity contribution in [3.63, 3.8) is 0 Å². The highest BCUT2D eigenvalue weighted by atomic mass is 32.1. The number of alkyl halides is 2. The van der Waals surface area contributed by atoms with E-state index in [1.165, 1.54) is 18.2 Å². The second-order valence-electron chi connectivity index (χ2n) is 2.76. The Morgan fingerprint density at radius 2 is 2.00 bits per heavy atom. The van der Waals surface area contributed by atoms with E-state index in [2.05, 4.69) is 12.6 Å². The fourth-order valence-electron chi connectivity index (χ4n) is 1.22. The van der Waals surface area contributed by atoms with Gasteiger partial charge in [-0.2, -0.15) is 0 Å². The number of hydrogen-bond donors (Lipinski definition) is 1. The highest BCUT2D eigenvalue weighted by molar-refractivity contribution is 7.80. The summed E-state index contributed by atoms with van der Waals surface area (Å²) in [6.07, 6.45) is -2.55. The van der Waals surface area contributed by atoms with Crippen LogP contribution in [0, 0.1) is 5.82 Å². The van der Waals surface area contributed by atoms with Gasteiger partial charge < -0.3 is 0 Å². The minimum Gasteiger partial charge on any atom is -0.207 e. The summed E-state index contributed by atoms with van der Waals surface area (Å²) >= 11 is 4.91. The summed E-state index contributed by atoms with van der Waals surface area (Å²) in [6.45, 7) is 0. The molecule has 0 spiro atoms. The summed E-state index contributed by atoms with van der Waals surface area (Å²) in [4.78, 5) is 0.0773. The van der Waals surface area contributed by atoms with Crippen molar-refractivity contribution in [1.82, 2.24) is 0 Å². The van der Waals surface area contributed by atoms with Crippen LogP contribution in [0.2, 0.25) is 0 Å². The zero-order valence-corrected chi connectivity index (χ0v) is 8.51. The van der Waals surface area contributed by atoms with Gasteiger partial charge in [-0.25, -0.2) is 13.2 Å². The largest absolute Gasteiger partial charge is 0.273 e. The molecule has 1 heterocycles. The molecule has 74 valence electrons. The van der Waals surface area contributed by atoms with Gasteiger partial charge in [-0.3, -0.25) is 0 Å². The normalized spacial score (nSPS) is 11.5. The Morgan fingerprint density at radius 3 is 2.64 bits per heavy atom. The number of thiophene rings is 1. The minimum absolute atomic E-state index is 0.103. The standard InChI is InChI=1S/C9H5F3S2/c10-4-1-2-6-5(3-4)7(13)8(14-6)9(11)12/h1-3,9,13H. The molecule has 14 heavy (non-hydrogen) atoms. The molecule has 0 saturated heterocycles. The van der Waals surface area contributed by atoms with Crippen molar-refractivity contribution >= 4 is 34.1 Å². The summed E-state index contributed by atoms with van der Waals surface area (Å²) < 4.78 is 38.3. The van der Waals surface area contributed by atoms with Gasteiger partial charge in [0.15, 0.2) is 0 Å². The molecule has 0 atom stereocenters. The van der Waals surface area contributed by atoms with Gasteiger partial charge in [0.1, 0.15) is 5.82 Å². The SMILES string of the molecule is Fc1ccc2sc(C(F)F)c(S)c2c1. The Morgan fingerprint density at radius 1 is 1.29 bits per heavy atom. The quantitative estimate of drug-likeness (QED) is 0.700. The molecule has 0 aliphatic heterocycles. The van der Waals surface area contributed by atoms with Crippen LogP contribution in [0.15, 0.2) is 23.1 Å².